The largest absolute Gasteiger partial charge is 0.349 e. The molecule has 42 heavy (non-hydrogen) atoms. The van der Waals surface area contributed by atoms with Crippen molar-refractivity contribution in [1.29, 1.82) is 0 Å². The minimum Gasteiger partial charge on any atom is -0.349 e. The van der Waals surface area contributed by atoms with Crippen LogP contribution < -0.4 is 10.6 Å². The molecule has 2 aliphatic carbocycles. The van der Waals surface area contributed by atoms with Crippen molar-refractivity contribution in [2.75, 3.05) is 32.8 Å². The molecule has 11 heteroatoms. The van der Waals surface area contributed by atoms with Gasteiger partial charge in [0.1, 0.15) is 11.2 Å². The molecule has 2 aromatic rings. The van der Waals surface area contributed by atoms with Crippen molar-refractivity contribution in [2.24, 2.45) is 17.3 Å². The summed E-state index contributed by atoms with van der Waals surface area (Å²) < 4.78 is 44.5. The number of anilines is 1. The lowest BCUT2D eigenvalue weighted by molar-refractivity contribution is -0.138. The first-order valence-electron chi connectivity index (χ1n) is 14.1. The first kappa shape index (κ1) is 29.5. The number of hydrogen-bond donors (Lipinski definition) is 2. The lowest BCUT2D eigenvalue weighted by atomic mass is 9.46. The van der Waals surface area contributed by atoms with Gasteiger partial charge in [0.15, 0.2) is 5.78 Å². The quantitative estimate of drug-likeness (QED) is 0.421. The fourth-order valence-corrected chi connectivity index (χ4v) is 8.64. The molecule has 6 nitrogen and oxygen atoms in total. The summed E-state index contributed by atoms with van der Waals surface area (Å²) in [4.78, 5) is 42.4. The third-order valence-corrected chi connectivity index (χ3v) is 10.6. The Morgan fingerprint density at radius 2 is 1.76 bits per heavy atom. The predicted molar refractivity (Wildman–Crippen MR) is 154 cm³/mol. The van der Waals surface area contributed by atoms with Crippen molar-refractivity contribution in [3.63, 3.8) is 0 Å². The van der Waals surface area contributed by atoms with E-state index >= 15 is 4.39 Å². The Kier molecular flexibility index (Phi) is 7.18. The highest BCUT2D eigenvalue weighted by Gasteiger charge is 2.78. The lowest BCUT2D eigenvalue weighted by Crippen LogP contribution is -2.70. The minimum atomic E-state index is -1.57. The van der Waals surface area contributed by atoms with Crippen molar-refractivity contribution < 1.29 is 27.6 Å². The van der Waals surface area contributed by atoms with Crippen LogP contribution in [0.25, 0.3) is 0 Å². The van der Waals surface area contributed by atoms with Crippen molar-refractivity contribution in [3.8, 4) is 0 Å². The van der Waals surface area contributed by atoms with Gasteiger partial charge in [-0.05, 0) is 60.9 Å². The zero-order chi connectivity index (χ0) is 30.2. The molecule has 0 unspecified atom stereocenters. The highest BCUT2D eigenvalue weighted by molar-refractivity contribution is 6.31. The molecule has 1 saturated heterocycles. The molecule has 2 N–H and O–H groups in total. The fraction of sp³-hybridized carbons (Fsp3) is 0.516. The average molecular weight is 623 g/mol. The van der Waals surface area contributed by atoms with E-state index in [2.05, 4.69) is 10.6 Å². The zero-order valence-corrected chi connectivity index (χ0v) is 24.8. The number of amides is 2. The molecular weight excluding hydrogens is 590 g/mol. The van der Waals surface area contributed by atoms with E-state index in [1.165, 1.54) is 17.0 Å². The number of nitrogens with zero attached hydrogens (tertiary/aromatic N) is 1. The number of hydrogen-bond acceptors (Lipinski definition) is 4. The monoisotopic (exact) mass is 621 g/mol. The SMILES string of the molecule is CN(C)C(=O)C1CC(CC(=O)[C@@H]2NC3(CC(CF)(CF)C3)[C@@]3(C(=O)Nc4cc(Cl)ccc43)[C@H]2c2cccc(Cl)c2F)C1. The fourth-order valence-electron chi connectivity index (χ4n) is 8.29. The third-order valence-electron chi connectivity index (χ3n) is 10.1. The van der Waals surface area contributed by atoms with Crippen LogP contribution >= 0.6 is 23.2 Å². The summed E-state index contributed by atoms with van der Waals surface area (Å²) in [6, 6.07) is 8.30. The molecule has 3 atom stereocenters. The Balaban J connectivity index is 1.47. The number of halogens is 5. The number of fused-ring (bicyclic) bond motifs is 3. The summed E-state index contributed by atoms with van der Waals surface area (Å²) in [5.74, 6) is -2.75. The Hall–Kier alpha value is -2.62. The molecule has 0 bridgehead atoms. The van der Waals surface area contributed by atoms with Crippen molar-refractivity contribution in [1.82, 2.24) is 10.2 Å². The molecule has 6 rings (SSSR count). The summed E-state index contributed by atoms with van der Waals surface area (Å²) in [7, 11) is 3.38. The Bertz CT molecular complexity index is 1470. The average Bonchev–Trinajstić information content (AvgIpc) is 3.38. The van der Waals surface area contributed by atoms with Crippen molar-refractivity contribution in [3.05, 3.63) is 63.4 Å². The van der Waals surface area contributed by atoms with Gasteiger partial charge < -0.3 is 10.2 Å². The highest BCUT2D eigenvalue weighted by atomic mass is 35.5. The lowest BCUT2D eigenvalue weighted by Gasteiger charge is -2.59. The number of nitrogens with one attached hydrogen (secondary N) is 2. The molecule has 224 valence electrons. The number of Topliss-reactive ketones (excluding diaryl/α,β-unsaturated/α-hetero) is 1. The van der Waals surface area contributed by atoms with Crippen LogP contribution in [0.4, 0.5) is 18.9 Å². The van der Waals surface area contributed by atoms with Gasteiger partial charge in [0.05, 0.1) is 24.4 Å². The molecule has 2 heterocycles. The van der Waals surface area contributed by atoms with Crippen LogP contribution in [0.15, 0.2) is 36.4 Å². The maximum Gasteiger partial charge on any atom is 0.237 e. The smallest absolute Gasteiger partial charge is 0.237 e. The second-order valence-electron chi connectivity index (χ2n) is 12.8. The van der Waals surface area contributed by atoms with Crippen LogP contribution in [0.3, 0.4) is 0 Å². The minimum absolute atomic E-state index is 0.00983. The van der Waals surface area contributed by atoms with Crippen LogP contribution in [0.5, 0.6) is 0 Å². The molecule has 0 aromatic heterocycles. The van der Waals surface area contributed by atoms with E-state index in [4.69, 9.17) is 23.2 Å². The summed E-state index contributed by atoms with van der Waals surface area (Å²) in [5, 5.41) is 6.47. The molecule has 3 fully saturated rings. The van der Waals surface area contributed by atoms with E-state index in [0.29, 0.717) is 29.1 Å². The predicted octanol–water partition coefficient (Wildman–Crippen LogP) is 5.61. The molecular formula is C31H32Cl2F3N3O3. The van der Waals surface area contributed by atoms with Gasteiger partial charge in [0.2, 0.25) is 11.8 Å². The van der Waals surface area contributed by atoms with Gasteiger partial charge in [0, 0.05) is 54.0 Å². The molecule has 2 aromatic carbocycles. The van der Waals surface area contributed by atoms with E-state index in [0.717, 1.165) is 0 Å². The van der Waals surface area contributed by atoms with Gasteiger partial charge in [-0.15, -0.1) is 0 Å². The van der Waals surface area contributed by atoms with Crippen LogP contribution in [0.1, 0.15) is 49.1 Å². The van der Waals surface area contributed by atoms with E-state index < -0.39 is 53.4 Å². The van der Waals surface area contributed by atoms with E-state index in [-0.39, 0.29) is 53.4 Å². The van der Waals surface area contributed by atoms with Crippen LogP contribution in [0, 0.1) is 23.1 Å². The second-order valence-corrected chi connectivity index (χ2v) is 13.7. The van der Waals surface area contributed by atoms with Gasteiger partial charge in [0.25, 0.3) is 0 Å². The zero-order valence-electron chi connectivity index (χ0n) is 23.3. The number of carbonyl (C=O) groups is 3. The van der Waals surface area contributed by atoms with Gasteiger partial charge in [-0.2, -0.15) is 0 Å². The number of carbonyl (C=O) groups excluding carboxylic acids is 3. The molecule has 4 aliphatic rings. The molecule has 2 saturated carbocycles. The van der Waals surface area contributed by atoms with Gasteiger partial charge in [-0.3, -0.25) is 28.5 Å². The second kappa shape index (κ2) is 10.2. The Labute approximate surface area is 252 Å². The van der Waals surface area contributed by atoms with Gasteiger partial charge >= 0.3 is 0 Å². The third kappa shape index (κ3) is 4.06. The number of benzene rings is 2. The highest BCUT2D eigenvalue weighted by Crippen LogP contribution is 2.69. The normalized spacial score (nSPS) is 30.0. The maximum absolute atomic E-state index is 15.9. The standard InChI is InChI=1S/C31H32Cl2F3N3O3/c1-39(2)27(41)17-8-16(9-17)10-23(40)26-24(19-4-3-5-21(33)25(19)36)31(30(38-26)12-29(13-30,14-34)15-35)20-7-6-18(32)11-22(20)37-28(31)42/h3-7,11,16-17,24,26,38H,8-10,12-15H2,1-2H3,(H,37,42)/t16?,17?,24-,26-,31+/m0/s1. The summed E-state index contributed by atoms with van der Waals surface area (Å²) in [6.07, 6.45) is 1.10. The van der Waals surface area contributed by atoms with E-state index in [1.807, 2.05) is 0 Å². The number of ketones is 1. The molecule has 2 amide bonds. The van der Waals surface area contributed by atoms with Crippen molar-refractivity contribution in [2.45, 2.75) is 55.0 Å². The van der Waals surface area contributed by atoms with Crippen LogP contribution in [-0.2, 0) is 19.8 Å². The molecule has 2 aliphatic heterocycles. The van der Waals surface area contributed by atoms with Crippen LogP contribution in [0.2, 0.25) is 10.0 Å². The van der Waals surface area contributed by atoms with E-state index in [9.17, 15) is 23.2 Å². The summed E-state index contributed by atoms with van der Waals surface area (Å²) in [6.45, 7) is -1.87. The van der Waals surface area contributed by atoms with Crippen molar-refractivity contribution >= 4 is 46.5 Å². The Morgan fingerprint density at radius 3 is 2.40 bits per heavy atom. The van der Waals surface area contributed by atoms with Crippen LogP contribution in [-0.4, -0.2) is 61.5 Å². The maximum atomic E-state index is 15.9. The van der Waals surface area contributed by atoms with Gasteiger partial charge in [-0.1, -0.05) is 41.4 Å². The molecule has 0 radical (unpaired) electrons. The van der Waals surface area contributed by atoms with E-state index in [1.54, 1.807) is 38.4 Å². The Morgan fingerprint density at radius 1 is 1.07 bits per heavy atom. The number of alkyl halides is 2. The topological polar surface area (TPSA) is 78.5 Å². The number of rotatable bonds is 7. The van der Waals surface area contributed by atoms with Gasteiger partial charge in [-0.25, -0.2) is 4.39 Å². The first-order chi connectivity index (χ1) is 19.9. The molecule has 2 spiro atoms. The first-order valence-corrected chi connectivity index (χ1v) is 14.9. The summed E-state index contributed by atoms with van der Waals surface area (Å²) in [5.41, 5.74) is -3.15. The summed E-state index contributed by atoms with van der Waals surface area (Å²) >= 11 is 12.5.